The summed E-state index contributed by atoms with van der Waals surface area (Å²) in [6, 6.07) is 0. The van der Waals surface area contributed by atoms with E-state index < -0.39 is 18.6 Å². The highest BCUT2D eigenvalue weighted by molar-refractivity contribution is 7.47. The van der Waals surface area contributed by atoms with Gasteiger partial charge in [0.1, 0.15) is 13.2 Å². The van der Waals surface area contributed by atoms with Gasteiger partial charge in [-0.05, 0) is 71.1 Å². The number of rotatable bonds is 39. The molecule has 0 saturated heterocycles. The molecule has 1 N–H and O–H groups in total. The number of phosphoric acid groups is 1. The Hall–Kier alpha value is -1.51. The molecule has 0 aromatic heterocycles. The Kier molecular flexibility index (Phi) is 35.1. The largest absolute Gasteiger partial charge is 0.518 e. The number of esters is 2. The number of likely N-dealkylation sites (N-methyl/N-ethyl adjacent to an activating group) is 1. The summed E-state index contributed by atoms with van der Waals surface area (Å²) < 4.78 is 33.3. The molecule has 0 bridgehead atoms. The quantitative estimate of drug-likeness (QED) is 0.0164. The first kappa shape index (κ1) is 51.5. The van der Waals surface area contributed by atoms with Crippen LogP contribution >= 0.6 is 7.82 Å². The highest BCUT2D eigenvalue weighted by atomic mass is 31.2. The van der Waals surface area contributed by atoms with Crippen molar-refractivity contribution in [2.24, 2.45) is 0 Å². The van der Waals surface area contributed by atoms with Crippen LogP contribution in [0.15, 0.2) is 24.3 Å². The average Bonchev–Trinajstić information content (AvgIpc) is 3.09. The van der Waals surface area contributed by atoms with E-state index >= 15 is 0 Å². The van der Waals surface area contributed by atoms with Gasteiger partial charge in [-0.3, -0.25) is 19.0 Å². The fraction of sp³-hybridized carbons (Fsp3) is 0.860. The Morgan fingerprint density at radius 3 is 1.38 bits per heavy atom. The van der Waals surface area contributed by atoms with Crippen LogP contribution in [0.25, 0.3) is 0 Å². The molecule has 0 saturated carbocycles. The summed E-state index contributed by atoms with van der Waals surface area (Å²) in [5.41, 5.74) is 0. The van der Waals surface area contributed by atoms with Crippen LogP contribution in [0.3, 0.4) is 0 Å². The molecule has 53 heavy (non-hydrogen) atoms. The van der Waals surface area contributed by atoms with Gasteiger partial charge in [-0.25, -0.2) is 4.57 Å². The van der Waals surface area contributed by atoms with Crippen molar-refractivity contribution >= 4 is 19.8 Å². The summed E-state index contributed by atoms with van der Waals surface area (Å²) in [5, 5.41) is 0. The molecule has 0 amide bonds. The van der Waals surface area contributed by atoms with Crippen LogP contribution < -0.4 is 0 Å². The van der Waals surface area contributed by atoms with Crippen LogP contribution in [0, 0.1) is 0 Å². The number of carbonyl (C=O) groups excluding carboxylic acids is 2. The second kappa shape index (κ2) is 36.1. The van der Waals surface area contributed by atoms with E-state index in [0.717, 1.165) is 70.6 Å². The van der Waals surface area contributed by atoms with Crippen LogP contribution in [0.2, 0.25) is 0 Å². The zero-order valence-corrected chi connectivity index (χ0v) is 35.9. The van der Waals surface area contributed by atoms with Gasteiger partial charge >= 0.3 is 19.8 Å². The second-order valence-corrected chi connectivity index (χ2v) is 16.5. The van der Waals surface area contributed by atoms with Gasteiger partial charge in [0.05, 0.1) is 20.7 Å². The van der Waals surface area contributed by atoms with Crippen LogP contribution in [0.1, 0.15) is 201 Å². The van der Waals surface area contributed by atoms with Crippen molar-refractivity contribution in [3.05, 3.63) is 24.3 Å². The zero-order chi connectivity index (χ0) is 39.3. The maximum atomic E-state index is 12.8. The lowest BCUT2D eigenvalue weighted by atomic mass is 10.1. The van der Waals surface area contributed by atoms with Gasteiger partial charge < -0.3 is 9.47 Å². The SMILES string of the molecule is CCCCCCCCC=CCCCCCCCC(=O)OCC(C[N+](C)(C)OP(=O)(O)OCC)OC(=O)CCCCCCC/C=C\CCCCCCCC. The first-order valence-electron chi connectivity index (χ1n) is 21.7. The van der Waals surface area contributed by atoms with Gasteiger partial charge in [0, 0.05) is 12.8 Å². The molecule has 312 valence electrons. The number of hydrogen-bond donors (Lipinski definition) is 1. The number of hydrogen-bond acceptors (Lipinski definition) is 7. The van der Waals surface area contributed by atoms with Crippen LogP contribution in [0.4, 0.5) is 0 Å². The molecule has 0 radical (unpaired) electrons. The molecule has 0 fully saturated rings. The number of hydroxylamine groups is 3. The summed E-state index contributed by atoms with van der Waals surface area (Å²) in [5.74, 6) is -0.716. The lowest BCUT2D eigenvalue weighted by molar-refractivity contribution is -1.05. The third kappa shape index (κ3) is 37.2. The summed E-state index contributed by atoms with van der Waals surface area (Å²) in [7, 11) is -1.17. The van der Waals surface area contributed by atoms with E-state index in [1.54, 1.807) is 21.0 Å². The molecule has 0 aliphatic rings. The van der Waals surface area contributed by atoms with E-state index in [1.165, 1.54) is 96.3 Å². The Balaban J connectivity index is 4.41. The Labute approximate surface area is 326 Å². The number of allylic oxidation sites excluding steroid dienone is 4. The van der Waals surface area contributed by atoms with Crippen molar-refractivity contribution in [2.45, 2.75) is 207 Å². The topological polar surface area (TPSA) is 108 Å². The fourth-order valence-corrected chi connectivity index (χ4v) is 7.30. The Morgan fingerprint density at radius 2 is 0.962 bits per heavy atom. The van der Waals surface area contributed by atoms with Gasteiger partial charge in [-0.2, -0.15) is 4.65 Å². The van der Waals surface area contributed by atoms with Crippen molar-refractivity contribution < 1.29 is 42.3 Å². The highest BCUT2D eigenvalue weighted by Crippen LogP contribution is 2.45. The van der Waals surface area contributed by atoms with E-state index in [9.17, 15) is 19.0 Å². The van der Waals surface area contributed by atoms with Gasteiger partial charge in [-0.1, -0.05) is 146 Å². The summed E-state index contributed by atoms with van der Waals surface area (Å²) in [6.45, 7) is 5.98. The molecule has 0 rings (SSSR count). The molecular formula is C43H83NO8P+. The van der Waals surface area contributed by atoms with Gasteiger partial charge in [0.2, 0.25) is 0 Å². The maximum absolute atomic E-state index is 12.8. The van der Waals surface area contributed by atoms with E-state index in [4.69, 9.17) is 18.6 Å². The molecule has 0 aliphatic carbocycles. The minimum absolute atomic E-state index is 0.0100. The van der Waals surface area contributed by atoms with Crippen molar-refractivity contribution in [3.63, 3.8) is 0 Å². The van der Waals surface area contributed by atoms with Gasteiger partial charge in [-0.15, -0.1) is 0 Å². The molecule has 10 heteroatoms. The van der Waals surface area contributed by atoms with Crippen LogP contribution in [-0.4, -0.2) is 61.4 Å². The summed E-state index contributed by atoms with van der Waals surface area (Å²) in [6.07, 6.45) is 39.7. The normalized spacial score (nSPS) is 13.8. The van der Waals surface area contributed by atoms with Crippen molar-refractivity contribution in [1.29, 1.82) is 0 Å². The Morgan fingerprint density at radius 1 is 0.585 bits per heavy atom. The molecule has 2 unspecified atom stereocenters. The first-order valence-corrected chi connectivity index (χ1v) is 23.2. The molecule has 0 aliphatic heterocycles. The minimum atomic E-state index is -4.31. The fourth-order valence-electron chi connectivity index (χ4n) is 6.30. The summed E-state index contributed by atoms with van der Waals surface area (Å²) >= 11 is 0. The predicted octanol–water partition coefficient (Wildman–Crippen LogP) is 12.7. The molecule has 0 spiro atoms. The third-order valence-electron chi connectivity index (χ3n) is 9.27. The molecule has 0 heterocycles. The van der Waals surface area contributed by atoms with E-state index in [-0.39, 0.29) is 38.1 Å². The number of unbranched alkanes of at least 4 members (excludes halogenated alkanes) is 22. The van der Waals surface area contributed by atoms with E-state index in [0.29, 0.717) is 6.42 Å². The molecule has 2 atom stereocenters. The van der Waals surface area contributed by atoms with Crippen LogP contribution in [-0.2, 0) is 32.8 Å². The van der Waals surface area contributed by atoms with E-state index in [2.05, 4.69) is 38.2 Å². The maximum Gasteiger partial charge on any atom is 0.518 e. The highest BCUT2D eigenvalue weighted by Gasteiger charge is 2.36. The monoisotopic (exact) mass is 773 g/mol. The summed E-state index contributed by atoms with van der Waals surface area (Å²) in [4.78, 5) is 35.4. The molecule has 0 aromatic rings. The van der Waals surface area contributed by atoms with E-state index in [1.807, 2.05) is 0 Å². The number of quaternary nitrogens is 1. The van der Waals surface area contributed by atoms with Crippen LogP contribution in [0.5, 0.6) is 0 Å². The molecular weight excluding hydrogens is 689 g/mol. The van der Waals surface area contributed by atoms with Crippen molar-refractivity contribution in [1.82, 2.24) is 0 Å². The molecule has 9 nitrogen and oxygen atoms in total. The van der Waals surface area contributed by atoms with Crippen molar-refractivity contribution in [3.8, 4) is 0 Å². The number of phosphoric ester groups is 1. The minimum Gasteiger partial charge on any atom is -0.461 e. The third-order valence-corrected chi connectivity index (χ3v) is 10.5. The zero-order valence-electron chi connectivity index (χ0n) is 35.0. The second-order valence-electron chi connectivity index (χ2n) is 15.2. The lowest BCUT2D eigenvalue weighted by Gasteiger charge is -2.30. The average molecular weight is 773 g/mol. The number of nitrogens with zero attached hydrogens (tertiary/aromatic N) is 1. The Bertz CT molecular complexity index is 970. The standard InChI is InChI=1S/C43H82NO8P/c1-6-9-11-13-15-17-19-21-23-25-27-29-31-33-35-37-42(45)49-40-41(39-44(4,5)52-53(47,48)50-8-3)51-43(46)38-36-34-32-30-28-26-24-22-20-18-16-14-12-10-7-2/h21-24,41H,6-20,25-40H2,1-5H3/p+1/b23-21?,24-22-. The number of ether oxygens (including phenoxy) is 2. The smallest absolute Gasteiger partial charge is 0.461 e. The van der Waals surface area contributed by atoms with Gasteiger partial charge in [0.25, 0.3) is 0 Å². The predicted molar refractivity (Wildman–Crippen MR) is 219 cm³/mol. The number of carbonyl (C=O) groups is 2. The van der Waals surface area contributed by atoms with Crippen molar-refractivity contribution in [2.75, 3.05) is 33.9 Å². The first-order chi connectivity index (χ1) is 25.5. The van der Waals surface area contributed by atoms with Gasteiger partial charge in [0.15, 0.2) is 6.10 Å². The lowest BCUT2D eigenvalue weighted by Crippen LogP contribution is -2.47. The molecule has 0 aromatic carbocycles.